The van der Waals surface area contributed by atoms with Gasteiger partial charge in [0.2, 0.25) is 11.9 Å². The number of nitrogens with zero attached hydrogens (tertiary/aromatic N) is 4. The van der Waals surface area contributed by atoms with Gasteiger partial charge in [0.1, 0.15) is 5.75 Å². The molecule has 2 heterocycles. The van der Waals surface area contributed by atoms with Crippen LogP contribution in [0.5, 0.6) is 5.75 Å². The maximum atomic E-state index is 13.0. The third-order valence-corrected chi connectivity index (χ3v) is 6.76. The van der Waals surface area contributed by atoms with Crippen molar-refractivity contribution in [2.45, 2.75) is 24.3 Å². The van der Waals surface area contributed by atoms with Crippen molar-refractivity contribution in [1.82, 2.24) is 14.8 Å². The topological polar surface area (TPSA) is 81.5 Å². The molecule has 33 heavy (non-hydrogen) atoms. The summed E-state index contributed by atoms with van der Waals surface area (Å²) in [5.74, 6) is 1.09. The van der Waals surface area contributed by atoms with Crippen LogP contribution in [0.25, 0.3) is 5.69 Å². The fourth-order valence-corrected chi connectivity index (χ4v) is 4.50. The molecular weight excluding hydrogens is 462 g/mol. The second kappa shape index (κ2) is 10.5. The number of aromatic nitrogens is 3. The molecule has 4 rings (SSSR count). The van der Waals surface area contributed by atoms with E-state index >= 15 is 0 Å². The summed E-state index contributed by atoms with van der Waals surface area (Å²) in [7, 11) is 1.55. The Hall–Kier alpha value is -2.75. The first-order valence-electron chi connectivity index (χ1n) is 10.6. The van der Waals surface area contributed by atoms with Crippen LogP contribution in [0.1, 0.15) is 12.5 Å². The highest BCUT2D eigenvalue weighted by molar-refractivity contribution is 8.00. The minimum Gasteiger partial charge on any atom is -0.495 e. The van der Waals surface area contributed by atoms with Gasteiger partial charge in [-0.05, 0) is 37.6 Å². The van der Waals surface area contributed by atoms with Crippen LogP contribution in [0.2, 0.25) is 5.02 Å². The number of ether oxygens (including phenoxy) is 2. The Morgan fingerprint density at radius 1 is 1.21 bits per heavy atom. The van der Waals surface area contributed by atoms with Crippen LogP contribution in [0.3, 0.4) is 0 Å². The van der Waals surface area contributed by atoms with Crippen molar-refractivity contribution in [3.63, 3.8) is 0 Å². The third kappa shape index (κ3) is 5.26. The van der Waals surface area contributed by atoms with Gasteiger partial charge in [0, 0.05) is 24.2 Å². The van der Waals surface area contributed by atoms with Gasteiger partial charge in [-0.3, -0.25) is 9.36 Å². The van der Waals surface area contributed by atoms with E-state index < -0.39 is 5.25 Å². The molecule has 1 unspecified atom stereocenters. The Morgan fingerprint density at radius 2 is 1.94 bits per heavy atom. The van der Waals surface area contributed by atoms with Crippen LogP contribution in [0.15, 0.2) is 47.6 Å². The molecule has 2 aromatic carbocycles. The minimum atomic E-state index is -0.435. The summed E-state index contributed by atoms with van der Waals surface area (Å²) in [6, 6.07) is 13.4. The monoisotopic (exact) mass is 487 g/mol. The number of hydrogen-bond donors (Lipinski definition) is 1. The van der Waals surface area contributed by atoms with Crippen molar-refractivity contribution in [1.29, 1.82) is 0 Å². The number of anilines is 2. The van der Waals surface area contributed by atoms with E-state index in [2.05, 4.69) is 20.4 Å². The zero-order valence-electron chi connectivity index (χ0n) is 18.7. The predicted molar refractivity (Wildman–Crippen MR) is 131 cm³/mol. The number of carbonyl (C=O) groups excluding carboxylic acids is 1. The number of thioether (sulfide) groups is 1. The van der Waals surface area contributed by atoms with E-state index in [1.54, 1.807) is 19.2 Å². The Balaban J connectivity index is 1.58. The molecule has 0 bridgehead atoms. The lowest BCUT2D eigenvalue weighted by atomic mass is 10.2. The molecule has 0 radical (unpaired) electrons. The van der Waals surface area contributed by atoms with Crippen LogP contribution in [-0.2, 0) is 9.53 Å². The van der Waals surface area contributed by atoms with Crippen LogP contribution in [0.4, 0.5) is 11.6 Å². The molecule has 10 heteroatoms. The van der Waals surface area contributed by atoms with Gasteiger partial charge in [-0.1, -0.05) is 41.6 Å². The van der Waals surface area contributed by atoms with E-state index in [9.17, 15) is 4.79 Å². The standard InChI is InChI=1S/C23H26ClN5O3S/c1-15-13-19(20(31-3)14-18(15)24)25-21(30)16(2)33-23-27-26-22(28-9-11-32-12-10-28)29(23)17-7-5-4-6-8-17/h4-8,13-14,16H,9-12H2,1-3H3,(H,25,30). The van der Waals surface area contributed by atoms with Gasteiger partial charge in [-0.25, -0.2) is 0 Å². The van der Waals surface area contributed by atoms with E-state index in [1.165, 1.54) is 11.8 Å². The molecule has 8 nitrogen and oxygen atoms in total. The second-order valence-corrected chi connectivity index (χ2v) is 9.32. The molecule has 174 valence electrons. The normalized spacial score (nSPS) is 14.7. The van der Waals surface area contributed by atoms with Crippen molar-refractivity contribution in [2.75, 3.05) is 43.6 Å². The van der Waals surface area contributed by atoms with Crippen molar-refractivity contribution < 1.29 is 14.3 Å². The van der Waals surface area contributed by atoms with Crippen LogP contribution >= 0.6 is 23.4 Å². The number of methoxy groups -OCH3 is 1. The summed E-state index contributed by atoms with van der Waals surface area (Å²) in [5, 5.41) is 12.6. The number of amides is 1. The molecule has 3 aromatic rings. The molecule has 0 saturated carbocycles. The Bertz CT molecular complexity index is 1120. The van der Waals surface area contributed by atoms with Gasteiger partial charge in [0.15, 0.2) is 5.16 Å². The average molecular weight is 488 g/mol. The summed E-state index contributed by atoms with van der Waals surface area (Å²) in [5.41, 5.74) is 2.37. The van der Waals surface area contributed by atoms with Crippen molar-refractivity contribution >= 4 is 40.9 Å². The highest BCUT2D eigenvalue weighted by atomic mass is 35.5. The number of halogens is 1. The van der Waals surface area contributed by atoms with E-state index in [0.29, 0.717) is 34.8 Å². The molecule has 0 spiro atoms. The smallest absolute Gasteiger partial charge is 0.237 e. The number of para-hydroxylation sites is 1. The van der Waals surface area contributed by atoms with E-state index in [0.717, 1.165) is 30.3 Å². The van der Waals surface area contributed by atoms with Gasteiger partial charge in [-0.15, -0.1) is 10.2 Å². The van der Waals surface area contributed by atoms with Crippen LogP contribution in [-0.4, -0.2) is 59.3 Å². The number of aryl methyl sites for hydroxylation is 1. The van der Waals surface area contributed by atoms with Gasteiger partial charge in [0.25, 0.3) is 0 Å². The molecule has 0 aliphatic carbocycles. The molecule has 1 N–H and O–H groups in total. The molecule has 1 aliphatic heterocycles. The molecule has 1 aromatic heterocycles. The maximum Gasteiger partial charge on any atom is 0.237 e. The molecule has 1 atom stereocenters. The van der Waals surface area contributed by atoms with Gasteiger partial charge in [-0.2, -0.15) is 0 Å². The first kappa shape index (κ1) is 23.4. The highest BCUT2D eigenvalue weighted by Crippen LogP contribution is 2.33. The fraction of sp³-hybridized carbons (Fsp3) is 0.348. The zero-order valence-corrected chi connectivity index (χ0v) is 20.3. The van der Waals surface area contributed by atoms with Crippen LogP contribution in [0, 0.1) is 6.92 Å². The number of hydrogen-bond acceptors (Lipinski definition) is 7. The summed E-state index contributed by atoms with van der Waals surface area (Å²) in [6.07, 6.45) is 0. The Morgan fingerprint density at radius 3 is 2.64 bits per heavy atom. The Kier molecular flexibility index (Phi) is 7.42. The second-order valence-electron chi connectivity index (χ2n) is 7.60. The minimum absolute atomic E-state index is 0.171. The lowest BCUT2D eigenvalue weighted by molar-refractivity contribution is -0.115. The lowest BCUT2D eigenvalue weighted by Gasteiger charge is -2.28. The summed E-state index contributed by atoms with van der Waals surface area (Å²) in [6.45, 7) is 6.48. The van der Waals surface area contributed by atoms with E-state index in [-0.39, 0.29) is 5.91 Å². The predicted octanol–water partition coefficient (Wildman–Crippen LogP) is 4.19. The SMILES string of the molecule is COc1cc(Cl)c(C)cc1NC(=O)C(C)Sc1nnc(N2CCOCC2)n1-c1ccccc1. The Labute approximate surface area is 202 Å². The van der Waals surface area contributed by atoms with Gasteiger partial charge in [0.05, 0.1) is 36.9 Å². The summed E-state index contributed by atoms with van der Waals surface area (Å²) >= 11 is 7.54. The third-order valence-electron chi connectivity index (χ3n) is 5.31. The quantitative estimate of drug-likeness (QED) is 0.500. The van der Waals surface area contributed by atoms with Crippen molar-refractivity contribution in [3.8, 4) is 11.4 Å². The van der Waals surface area contributed by atoms with E-state index in [1.807, 2.05) is 48.7 Å². The van der Waals surface area contributed by atoms with Crippen molar-refractivity contribution in [2.24, 2.45) is 0 Å². The molecule has 1 amide bonds. The van der Waals surface area contributed by atoms with Crippen LogP contribution < -0.4 is 15.0 Å². The zero-order chi connectivity index (χ0) is 23.4. The fourth-order valence-electron chi connectivity index (χ4n) is 3.49. The van der Waals surface area contributed by atoms with Crippen molar-refractivity contribution in [3.05, 3.63) is 53.1 Å². The summed E-state index contributed by atoms with van der Waals surface area (Å²) < 4.78 is 12.9. The molecular formula is C23H26ClN5O3S. The highest BCUT2D eigenvalue weighted by Gasteiger charge is 2.25. The first-order chi connectivity index (χ1) is 16.0. The van der Waals surface area contributed by atoms with Gasteiger partial charge >= 0.3 is 0 Å². The average Bonchev–Trinajstić information content (AvgIpc) is 3.25. The largest absolute Gasteiger partial charge is 0.495 e. The lowest BCUT2D eigenvalue weighted by Crippen LogP contribution is -2.37. The molecule has 1 aliphatic rings. The number of morpholine rings is 1. The number of nitrogens with one attached hydrogen (secondary N) is 1. The first-order valence-corrected chi connectivity index (χ1v) is 11.9. The van der Waals surface area contributed by atoms with Gasteiger partial charge < -0.3 is 19.7 Å². The van der Waals surface area contributed by atoms with E-state index in [4.69, 9.17) is 21.1 Å². The maximum absolute atomic E-state index is 13.0. The molecule has 1 saturated heterocycles. The number of carbonyl (C=O) groups is 1. The summed E-state index contributed by atoms with van der Waals surface area (Å²) in [4.78, 5) is 15.2. The number of rotatable bonds is 7. The molecule has 1 fully saturated rings. The number of benzene rings is 2.